The van der Waals surface area contributed by atoms with Crippen LogP contribution in [0.25, 0.3) is 5.65 Å². The van der Waals surface area contributed by atoms with Gasteiger partial charge in [0.15, 0.2) is 9.84 Å². The van der Waals surface area contributed by atoms with E-state index in [1.165, 1.54) is 0 Å². The van der Waals surface area contributed by atoms with Crippen LogP contribution >= 0.6 is 0 Å². The van der Waals surface area contributed by atoms with Gasteiger partial charge >= 0.3 is 0 Å². The van der Waals surface area contributed by atoms with Crippen molar-refractivity contribution in [1.82, 2.24) is 14.3 Å². The van der Waals surface area contributed by atoms with E-state index >= 15 is 0 Å². The van der Waals surface area contributed by atoms with Gasteiger partial charge in [0.05, 0.1) is 17.2 Å². The van der Waals surface area contributed by atoms with Crippen LogP contribution in [0.4, 0.5) is 0 Å². The van der Waals surface area contributed by atoms with E-state index in [0.717, 1.165) is 35.4 Å². The van der Waals surface area contributed by atoms with Gasteiger partial charge in [-0.2, -0.15) is 0 Å². The van der Waals surface area contributed by atoms with Crippen molar-refractivity contribution >= 4 is 21.4 Å². The molecule has 0 saturated carbocycles. The number of aromatic nitrogens is 2. The average molecular weight is 361 g/mol. The second kappa shape index (κ2) is 5.83. The zero-order valence-corrected chi connectivity index (χ0v) is 15.4. The first-order chi connectivity index (χ1) is 11.8. The van der Waals surface area contributed by atoms with Crippen LogP contribution in [0.2, 0.25) is 0 Å². The fourth-order valence-corrected chi connectivity index (χ4v) is 5.84. The first-order valence-corrected chi connectivity index (χ1v) is 10.6. The Labute approximate surface area is 147 Å². The molecule has 6 nitrogen and oxygen atoms in total. The van der Waals surface area contributed by atoms with E-state index < -0.39 is 9.84 Å². The van der Waals surface area contributed by atoms with Gasteiger partial charge in [0, 0.05) is 37.3 Å². The fourth-order valence-electron chi connectivity index (χ4n) is 4.07. The summed E-state index contributed by atoms with van der Waals surface area (Å²) in [6, 6.07) is 3.88. The van der Waals surface area contributed by atoms with E-state index in [9.17, 15) is 13.2 Å². The molecule has 0 spiro atoms. The molecule has 2 aliphatic rings. The molecule has 2 atom stereocenters. The molecule has 1 aliphatic heterocycles. The highest BCUT2D eigenvalue weighted by atomic mass is 32.2. The van der Waals surface area contributed by atoms with Crippen molar-refractivity contribution in [2.75, 3.05) is 18.6 Å². The summed E-state index contributed by atoms with van der Waals surface area (Å²) < 4.78 is 25.5. The van der Waals surface area contributed by atoms with Crippen LogP contribution in [0.1, 0.15) is 29.8 Å². The molecule has 0 aromatic carbocycles. The molecular weight excluding hydrogens is 338 g/mol. The third-order valence-electron chi connectivity index (χ3n) is 5.57. The van der Waals surface area contributed by atoms with Crippen molar-refractivity contribution in [2.45, 2.75) is 38.6 Å². The van der Waals surface area contributed by atoms with Crippen LogP contribution < -0.4 is 0 Å². The van der Waals surface area contributed by atoms with E-state index in [1.807, 2.05) is 19.1 Å². The Balaban J connectivity index is 1.56. The summed E-state index contributed by atoms with van der Waals surface area (Å²) in [4.78, 5) is 19.3. The van der Waals surface area contributed by atoms with Gasteiger partial charge in [0.25, 0.3) is 0 Å². The standard InChI is InChI=1S/C18H23N3O3S/c1-12-3-6-17-19-15-5-4-13(9-16(15)21(17)10-12)18(22)20(2)14-7-8-25(23,24)11-14/h3,6,10,13-14H,4-5,7-9,11H2,1-2H3. The van der Waals surface area contributed by atoms with Crippen LogP contribution in [0.3, 0.4) is 0 Å². The van der Waals surface area contributed by atoms with Crippen LogP contribution in [-0.2, 0) is 27.5 Å². The monoisotopic (exact) mass is 361 g/mol. The van der Waals surface area contributed by atoms with Crippen molar-refractivity contribution < 1.29 is 13.2 Å². The summed E-state index contributed by atoms with van der Waals surface area (Å²) >= 11 is 0. The molecule has 1 fully saturated rings. The van der Waals surface area contributed by atoms with Gasteiger partial charge in [0.1, 0.15) is 5.65 Å². The Kier molecular flexibility index (Phi) is 3.86. The van der Waals surface area contributed by atoms with Gasteiger partial charge in [-0.15, -0.1) is 0 Å². The van der Waals surface area contributed by atoms with Crippen LogP contribution in [0.15, 0.2) is 18.3 Å². The molecule has 4 rings (SSSR count). The summed E-state index contributed by atoms with van der Waals surface area (Å²) in [5.41, 5.74) is 4.30. The molecule has 2 unspecified atom stereocenters. The number of rotatable bonds is 2. The van der Waals surface area contributed by atoms with Crippen molar-refractivity contribution in [2.24, 2.45) is 5.92 Å². The quantitative estimate of drug-likeness (QED) is 0.810. The Bertz CT molecular complexity index is 948. The van der Waals surface area contributed by atoms with Gasteiger partial charge < -0.3 is 9.30 Å². The minimum atomic E-state index is -2.99. The number of fused-ring (bicyclic) bond motifs is 3. The summed E-state index contributed by atoms with van der Waals surface area (Å²) in [6.07, 6.45) is 4.86. The molecule has 25 heavy (non-hydrogen) atoms. The van der Waals surface area contributed by atoms with Crippen molar-refractivity contribution in [3.8, 4) is 0 Å². The maximum absolute atomic E-state index is 12.9. The van der Waals surface area contributed by atoms with Crippen molar-refractivity contribution in [3.05, 3.63) is 35.3 Å². The number of aryl methyl sites for hydroxylation is 2. The van der Waals surface area contributed by atoms with Gasteiger partial charge in [-0.05, 0) is 37.8 Å². The molecule has 0 bridgehead atoms. The van der Waals surface area contributed by atoms with E-state index in [0.29, 0.717) is 12.8 Å². The van der Waals surface area contributed by atoms with Crippen LogP contribution in [0.5, 0.6) is 0 Å². The van der Waals surface area contributed by atoms with E-state index in [2.05, 4.69) is 15.6 Å². The minimum absolute atomic E-state index is 0.0651. The zero-order chi connectivity index (χ0) is 17.8. The Morgan fingerprint density at radius 3 is 2.84 bits per heavy atom. The molecule has 0 N–H and O–H groups in total. The maximum Gasteiger partial charge on any atom is 0.226 e. The lowest BCUT2D eigenvalue weighted by molar-refractivity contribution is -0.136. The normalized spacial score (nSPS) is 25.0. The lowest BCUT2D eigenvalue weighted by atomic mass is 9.88. The highest BCUT2D eigenvalue weighted by Gasteiger charge is 2.36. The number of nitrogens with zero attached hydrogens (tertiary/aromatic N) is 3. The molecule has 1 aliphatic carbocycles. The molecule has 2 aromatic rings. The SMILES string of the molecule is Cc1ccc2nc3c(n2c1)CC(C(=O)N(C)C1CCS(=O)(=O)C1)CC3. The van der Waals surface area contributed by atoms with Gasteiger partial charge in [-0.1, -0.05) is 6.07 Å². The summed E-state index contributed by atoms with van der Waals surface area (Å²) in [7, 11) is -1.23. The lowest BCUT2D eigenvalue weighted by Gasteiger charge is -2.30. The second-order valence-corrected chi connectivity index (χ2v) is 9.61. The molecule has 0 radical (unpaired) electrons. The third-order valence-corrected chi connectivity index (χ3v) is 7.32. The maximum atomic E-state index is 12.9. The predicted octanol–water partition coefficient (Wildman–Crippen LogP) is 1.39. The topological polar surface area (TPSA) is 71.8 Å². The fraction of sp³-hybridized carbons (Fsp3) is 0.556. The Hall–Kier alpha value is -1.89. The third kappa shape index (κ3) is 2.94. The Morgan fingerprint density at radius 1 is 1.32 bits per heavy atom. The van der Waals surface area contributed by atoms with E-state index in [-0.39, 0.29) is 29.4 Å². The number of sulfone groups is 1. The van der Waals surface area contributed by atoms with Crippen LogP contribution in [0, 0.1) is 12.8 Å². The van der Waals surface area contributed by atoms with E-state index in [1.54, 1.807) is 11.9 Å². The number of hydrogen-bond acceptors (Lipinski definition) is 4. The summed E-state index contributed by atoms with van der Waals surface area (Å²) in [5, 5.41) is 0. The van der Waals surface area contributed by atoms with Gasteiger partial charge in [-0.3, -0.25) is 4.79 Å². The number of hydrogen-bond donors (Lipinski definition) is 0. The smallest absolute Gasteiger partial charge is 0.226 e. The summed E-state index contributed by atoms with van der Waals surface area (Å²) in [6.45, 7) is 2.05. The number of pyridine rings is 1. The largest absolute Gasteiger partial charge is 0.341 e. The van der Waals surface area contributed by atoms with Crippen molar-refractivity contribution in [3.63, 3.8) is 0 Å². The molecule has 7 heteroatoms. The molecule has 1 saturated heterocycles. The molecule has 134 valence electrons. The highest BCUT2D eigenvalue weighted by molar-refractivity contribution is 7.91. The van der Waals surface area contributed by atoms with Crippen LogP contribution in [-0.4, -0.2) is 53.2 Å². The minimum Gasteiger partial charge on any atom is -0.341 e. The van der Waals surface area contributed by atoms with Gasteiger partial charge in [0.2, 0.25) is 5.91 Å². The second-order valence-electron chi connectivity index (χ2n) is 7.39. The summed E-state index contributed by atoms with van der Waals surface area (Å²) in [5.74, 6) is 0.259. The molecular formula is C18H23N3O3S. The predicted molar refractivity (Wildman–Crippen MR) is 95.3 cm³/mol. The first-order valence-electron chi connectivity index (χ1n) is 8.77. The lowest BCUT2D eigenvalue weighted by Crippen LogP contribution is -2.43. The van der Waals surface area contributed by atoms with E-state index in [4.69, 9.17) is 0 Å². The zero-order valence-electron chi connectivity index (χ0n) is 14.6. The molecule has 3 heterocycles. The average Bonchev–Trinajstić information content (AvgIpc) is 3.12. The molecule has 1 amide bonds. The highest BCUT2D eigenvalue weighted by Crippen LogP contribution is 2.29. The number of carbonyl (C=O) groups is 1. The number of imidazole rings is 1. The van der Waals surface area contributed by atoms with Crippen molar-refractivity contribution in [1.29, 1.82) is 0 Å². The number of carbonyl (C=O) groups excluding carboxylic acids is 1. The molecule has 2 aromatic heterocycles. The van der Waals surface area contributed by atoms with Gasteiger partial charge in [-0.25, -0.2) is 13.4 Å². The first kappa shape index (κ1) is 16.6. The Morgan fingerprint density at radius 2 is 2.12 bits per heavy atom. The number of amides is 1.